The smallest absolute Gasteiger partial charge is 0.309 e. The van der Waals surface area contributed by atoms with Crippen molar-refractivity contribution in [3.63, 3.8) is 0 Å². The SMILES string of the molecule is C=CC[C@@H](C(=O)O)C(C)O. The second-order valence-electron chi connectivity index (χ2n) is 2.21. The molecule has 58 valence electrons. The minimum Gasteiger partial charge on any atom is -0.481 e. The molecular weight excluding hydrogens is 132 g/mol. The van der Waals surface area contributed by atoms with E-state index in [1.54, 1.807) is 0 Å². The summed E-state index contributed by atoms with van der Waals surface area (Å²) in [7, 11) is 0. The minimum atomic E-state index is -0.977. The summed E-state index contributed by atoms with van der Waals surface area (Å²) in [5, 5.41) is 17.4. The van der Waals surface area contributed by atoms with E-state index in [-0.39, 0.29) is 0 Å². The maximum Gasteiger partial charge on any atom is 0.309 e. The van der Waals surface area contributed by atoms with Crippen LogP contribution in [0.4, 0.5) is 0 Å². The second kappa shape index (κ2) is 4.06. The Bertz CT molecular complexity index is 129. The van der Waals surface area contributed by atoms with E-state index in [4.69, 9.17) is 10.2 Å². The Morgan fingerprint density at radius 2 is 2.30 bits per heavy atom. The lowest BCUT2D eigenvalue weighted by Crippen LogP contribution is -2.24. The van der Waals surface area contributed by atoms with Crippen molar-refractivity contribution in [3.05, 3.63) is 12.7 Å². The van der Waals surface area contributed by atoms with Crippen LogP contribution in [0.15, 0.2) is 12.7 Å². The Hall–Kier alpha value is -0.830. The van der Waals surface area contributed by atoms with Gasteiger partial charge in [0.2, 0.25) is 0 Å². The molecule has 0 radical (unpaired) electrons. The highest BCUT2D eigenvalue weighted by Crippen LogP contribution is 2.08. The summed E-state index contributed by atoms with van der Waals surface area (Å²) in [6.07, 6.45) is 0.994. The maximum atomic E-state index is 10.3. The molecule has 0 aliphatic heterocycles. The zero-order valence-electron chi connectivity index (χ0n) is 5.95. The van der Waals surface area contributed by atoms with Crippen molar-refractivity contribution in [2.75, 3.05) is 0 Å². The Kier molecular flexibility index (Phi) is 3.72. The van der Waals surface area contributed by atoms with Crippen LogP contribution >= 0.6 is 0 Å². The van der Waals surface area contributed by atoms with Crippen LogP contribution in [0.1, 0.15) is 13.3 Å². The van der Waals surface area contributed by atoms with Crippen LogP contribution in [0, 0.1) is 5.92 Å². The van der Waals surface area contributed by atoms with Crippen molar-refractivity contribution in [1.29, 1.82) is 0 Å². The quantitative estimate of drug-likeness (QED) is 0.569. The molecule has 0 amide bonds. The van der Waals surface area contributed by atoms with Crippen LogP contribution in [0.25, 0.3) is 0 Å². The predicted octanol–water partition coefficient (Wildman–Crippen LogP) is 0.644. The van der Waals surface area contributed by atoms with Gasteiger partial charge in [0.05, 0.1) is 12.0 Å². The first kappa shape index (κ1) is 9.17. The van der Waals surface area contributed by atoms with Crippen LogP contribution < -0.4 is 0 Å². The molecule has 2 atom stereocenters. The van der Waals surface area contributed by atoms with Gasteiger partial charge in [-0.05, 0) is 13.3 Å². The molecule has 0 saturated heterocycles. The zero-order chi connectivity index (χ0) is 8.15. The summed E-state index contributed by atoms with van der Waals surface area (Å²) in [6, 6.07) is 0. The monoisotopic (exact) mass is 144 g/mol. The molecule has 0 rings (SSSR count). The molecule has 1 unspecified atom stereocenters. The largest absolute Gasteiger partial charge is 0.481 e. The highest BCUT2D eigenvalue weighted by Gasteiger charge is 2.20. The molecule has 0 aliphatic rings. The third-order valence-corrected chi connectivity index (χ3v) is 1.32. The molecule has 0 bridgehead atoms. The lowest BCUT2D eigenvalue weighted by atomic mass is 10.0. The number of hydrogen-bond acceptors (Lipinski definition) is 2. The highest BCUT2D eigenvalue weighted by molar-refractivity contribution is 5.70. The molecule has 10 heavy (non-hydrogen) atoms. The number of hydrogen-bond donors (Lipinski definition) is 2. The van der Waals surface area contributed by atoms with Crippen molar-refractivity contribution in [1.82, 2.24) is 0 Å². The summed E-state index contributed by atoms with van der Waals surface area (Å²) in [6.45, 7) is 4.85. The molecule has 2 N–H and O–H groups in total. The Balaban J connectivity index is 3.97. The van der Waals surface area contributed by atoms with Gasteiger partial charge >= 0.3 is 5.97 Å². The van der Waals surface area contributed by atoms with Gasteiger partial charge in [-0.1, -0.05) is 6.08 Å². The molecular formula is C7H12O3. The van der Waals surface area contributed by atoms with Gasteiger partial charge in [-0.2, -0.15) is 0 Å². The van der Waals surface area contributed by atoms with Gasteiger partial charge in [-0.3, -0.25) is 4.79 Å². The van der Waals surface area contributed by atoms with E-state index in [0.29, 0.717) is 6.42 Å². The van der Waals surface area contributed by atoms with Crippen LogP contribution in [0.5, 0.6) is 0 Å². The Morgan fingerprint density at radius 3 is 2.40 bits per heavy atom. The van der Waals surface area contributed by atoms with Crippen molar-refractivity contribution in [2.45, 2.75) is 19.4 Å². The molecule has 3 heteroatoms. The third-order valence-electron chi connectivity index (χ3n) is 1.32. The molecule has 0 aromatic heterocycles. The van der Waals surface area contributed by atoms with Crippen LogP contribution in [-0.4, -0.2) is 22.3 Å². The fraction of sp³-hybridized carbons (Fsp3) is 0.571. The number of aliphatic hydroxyl groups excluding tert-OH is 1. The summed E-state index contributed by atoms with van der Waals surface area (Å²) in [5.41, 5.74) is 0. The highest BCUT2D eigenvalue weighted by atomic mass is 16.4. The summed E-state index contributed by atoms with van der Waals surface area (Å²) in [5.74, 6) is -1.69. The Labute approximate surface area is 60.0 Å². The number of carboxylic acids is 1. The topological polar surface area (TPSA) is 57.5 Å². The Morgan fingerprint density at radius 1 is 1.80 bits per heavy atom. The van der Waals surface area contributed by atoms with Gasteiger partial charge in [-0.15, -0.1) is 6.58 Å². The number of aliphatic carboxylic acids is 1. The van der Waals surface area contributed by atoms with Crippen molar-refractivity contribution in [2.24, 2.45) is 5.92 Å². The zero-order valence-corrected chi connectivity index (χ0v) is 5.95. The molecule has 0 saturated carbocycles. The molecule has 0 spiro atoms. The fourth-order valence-electron chi connectivity index (χ4n) is 0.684. The van der Waals surface area contributed by atoms with Crippen LogP contribution in [-0.2, 0) is 4.79 Å². The average molecular weight is 144 g/mol. The van der Waals surface area contributed by atoms with Gasteiger partial charge in [0.25, 0.3) is 0 Å². The number of carboxylic acid groups (broad SMARTS) is 1. The average Bonchev–Trinajstić information content (AvgIpc) is 1.81. The van der Waals surface area contributed by atoms with E-state index in [0.717, 1.165) is 0 Å². The molecule has 0 heterocycles. The van der Waals surface area contributed by atoms with E-state index in [1.807, 2.05) is 0 Å². The first-order valence-corrected chi connectivity index (χ1v) is 3.11. The van der Waals surface area contributed by atoms with E-state index in [1.165, 1.54) is 13.0 Å². The first-order chi connectivity index (χ1) is 4.59. The first-order valence-electron chi connectivity index (χ1n) is 3.11. The van der Waals surface area contributed by atoms with Crippen molar-refractivity contribution < 1.29 is 15.0 Å². The molecule has 0 aliphatic carbocycles. The van der Waals surface area contributed by atoms with Gasteiger partial charge < -0.3 is 10.2 Å². The predicted molar refractivity (Wildman–Crippen MR) is 37.6 cm³/mol. The lowest BCUT2D eigenvalue weighted by Gasteiger charge is -2.11. The molecule has 0 aromatic carbocycles. The summed E-state index contributed by atoms with van der Waals surface area (Å²) < 4.78 is 0. The van der Waals surface area contributed by atoms with Gasteiger partial charge in [0.15, 0.2) is 0 Å². The van der Waals surface area contributed by atoms with E-state index >= 15 is 0 Å². The van der Waals surface area contributed by atoms with E-state index in [9.17, 15) is 4.79 Å². The normalized spacial score (nSPS) is 15.8. The van der Waals surface area contributed by atoms with Crippen molar-refractivity contribution >= 4 is 5.97 Å². The number of rotatable bonds is 4. The van der Waals surface area contributed by atoms with Crippen LogP contribution in [0.3, 0.4) is 0 Å². The lowest BCUT2D eigenvalue weighted by molar-refractivity contribution is -0.145. The fourth-order valence-corrected chi connectivity index (χ4v) is 0.684. The number of carbonyl (C=O) groups is 1. The standard InChI is InChI=1S/C7H12O3/c1-3-4-6(5(2)8)7(9)10/h3,5-6,8H,1,4H2,2H3,(H,9,10)/t5?,6-/m1/s1. The van der Waals surface area contributed by atoms with E-state index < -0.39 is 18.0 Å². The second-order valence-corrected chi connectivity index (χ2v) is 2.21. The van der Waals surface area contributed by atoms with Crippen molar-refractivity contribution in [3.8, 4) is 0 Å². The van der Waals surface area contributed by atoms with Gasteiger partial charge in [0.1, 0.15) is 0 Å². The molecule has 3 nitrogen and oxygen atoms in total. The maximum absolute atomic E-state index is 10.3. The third kappa shape index (κ3) is 2.64. The van der Waals surface area contributed by atoms with Crippen LogP contribution in [0.2, 0.25) is 0 Å². The van der Waals surface area contributed by atoms with Gasteiger partial charge in [-0.25, -0.2) is 0 Å². The number of aliphatic hydroxyl groups is 1. The molecule has 0 aromatic rings. The summed E-state index contributed by atoms with van der Waals surface area (Å²) >= 11 is 0. The summed E-state index contributed by atoms with van der Waals surface area (Å²) in [4.78, 5) is 10.3. The number of allylic oxidation sites excluding steroid dienone is 1. The van der Waals surface area contributed by atoms with E-state index in [2.05, 4.69) is 6.58 Å². The van der Waals surface area contributed by atoms with Gasteiger partial charge in [0, 0.05) is 0 Å². The molecule has 0 fully saturated rings. The minimum absolute atomic E-state index is 0.312.